The molecule has 0 aliphatic carbocycles. The Morgan fingerprint density at radius 2 is 1.77 bits per heavy atom. The van der Waals surface area contributed by atoms with Gasteiger partial charge in [0.15, 0.2) is 23.2 Å². The number of imidazole rings is 1. The largest absolute Gasteiger partial charge is 0.387 e. The Morgan fingerprint density at radius 3 is 2.50 bits per heavy atom. The smallest absolute Gasteiger partial charge is 0.226 e. The minimum absolute atomic E-state index is 0.00180. The number of anilines is 1. The Balaban J connectivity index is 1.34. The molecule has 3 rings (SSSR count). The molecular formula is C25H38N6O7S2. The van der Waals surface area contributed by atoms with E-state index in [0.717, 1.165) is 19.3 Å². The summed E-state index contributed by atoms with van der Waals surface area (Å²) in [5.41, 5.74) is 0.674. The van der Waals surface area contributed by atoms with Gasteiger partial charge in [0.2, 0.25) is 11.8 Å². The van der Waals surface area contributed by atoms with Crippen molar-refractivity contribution in [2.24, 2.45) is 0 Å². The van der Waals surface area contributed by atoms with Crippen LogP contribution >= 0.6 is 21.6 Å². The highest BCUT2D eigenvalue weighted by Crippen LogP contribution is 2.32. The van der Waals surface area contributed by atoms with Crippen molar-refractivity contribution in [3.05, 3.63) is 12.7 Å². The lowest BCUT2D eigenvalue weighted by Gasteiger charge is -2.16. The van der Waals surface area contributed by atoms with E-state index in [1.165, 1.54) is 45.9 Å². The Morgan fingerprint density at radius 1 is 1.02 bits per heavy atom. The summed E-state index contributed by atoms with van der Waals surface area (Å²) in [5, 5.41) is 26.3. The number of ketones is 1. The van der Waals surface area contributed by atoms with E-state index in [1.54, 1.807) is 0 Å². The lowest BCUT2D eigenvalue weighted by molar-refractivity contribution is -0.121. The van der Waals surface area contributed by atoms with Crippen molar-refractivity contribution in [1.29, 1.82) is 0 Å². The third kappa shape index (κ3) is 9.38. The van der Waals surface area contributed by atoms with Gasteiger partial charge < -0.3 is 30.3 Å². The number of Topliss-reactive ketones (excluding diaryl/α,β-unsaturated/α-hetero) is 1. The second-order valence-corrected chi connectivity index (χ2v) is 12.0. The molecule has 4 N–H and O–H groups in total. The van der Waals surface area contributed by atoms with Crippen LogP contribution in [0.25, 0.3) is 11.2 Å². The van der Waals surface area contributed by atoms with E-state index >= 15 is 0 Å². The third-order valence-electron chi connectivity index (χ3n) is 6.32. The summed E-state index contributed by atoms with van der Waals surface area (Å²) >= 11 is 0. The van der Waals surface area contributed by atoms with Gasteiger partial charge in [-0.2, -0.15) is 0 Å². The second kappa shape index (κ2) is 16.8. The van der Waals surface area contributed by atoms with Crippen LogP contribution in [0.5, 0.6) is 0 Å². The van der Waals surface area contributed by atoms with Crippen LogP contribution in [0.3, 0.4) is 0 Å². The molecule has 3 heterocycles. The first kappa shape index (κ1) is 32.2. The maximum atomic E-state index is 12.5. The first-order valence-electron chi connectivity index (χ1n) is 13.4. The lowest BCUT2D eigenvalue weighted by Crippen LogP contribution is -2.33. The number of nitrogens with one attached hydrogen (secondary N) is 2. The summed E-state index contributed by atoms with van der Waals surface area (Å²) in [5.74, 6) is 1.47. The van der Waals surface area contributed by atoms with Gasteiger partial charge in [0.1, 0.15) is 30.4 Å². The summed E-state index contributed by atoms with van der Waals surface area (Å²) in [6, 6.07) is 0. The van der Waals surface area contributed by atoms with Gasteiger partial charge in [0.25, 0.3) is 0 Å². The molecule has 222 valence electrons. The number of aliphatic hydroxyl groups is 2. The maximum absolute atomic E-state index is 12.5. The Labute approximate surface area is 241 Å². The highest BCUT2D eigenvalue weighted by Gasteiger charge is 2.44. The average molecular weight is 599 g/mol. The zero-order chi connectivity index (χ0) is 28.9. The summed E-state index contributed by atoms with van der Waals surface area (Å²) in [4.78, 5) is 48.3. The molecule has 2 amide bonds. The summed E-state index contributed by atoms with van der Waals surface area (Å²) in [6.07, 6.45) is 3.26. The third-order valence-corrected chi connectivity index (χ3v) is 8.72. The number of hydrogen-bond donors (Lipinski definition) is 4. The van der Waals surface area contributed by atoms with E-state index in [1.807, 2.05) is 6.92 Å². The molecule has 0 radical (unpaired) electrons. The number of unbranched alkanes of at least 4 members (excludes halogenated alkanes) is 2. The van der Waals surface area contributed by atoms with E-state index in [0.29, 0.717) is 48.5 Å². The van der Waals surface area contributed by atoms with Gasteiger partial charge in [-0.3, -0.25) is 19.0 Å². The lowest BCUT2D eigenvalue weighted by atomic mass is 10.1. The fraction of sp³-hybridized carbons (Fsp3) is 0.680. The summed E-state index contributed by atoms with van der Waals surface area (Å²) in [7, 11) is 4.53. The second-order valence-electron chi connectivity index (χ2n) is 9.29. The molecule has 0 aromatic carbocycles. The van der Waals surface area contributed by atoms with Crippen molar-refractivity contribution < 1.29 is 34.1 Å². The fourth-order valence-corrected chi connectivity index (χ4v) is 6.07. The number of hydrogen-bond acceptors (Lipinski definition) is 12. The van der Waals surface area contributed by atoms with E-state index in [2.05, 4.69) is 25.6 Å². The number of carbonyl (C=O) groups excluding carboxylic acids is 3. The Kier molecular flexibility index (Phi) is 13.6. The van der Waals surface area contributed by atoms with E-state index in [-0.39, 0.29) is 36.4 Å². The van der Waals surface area contributed by atoms with Gasteiger partial charge in [-0.15, -0.1) is 0 Å². The molecule has 1 aliphatic rings. The highest BCUT2D eigenvalue weighted by atomic mass is 33.1. The van der Waals surface area contributed by atoms with Crippen molar-refractivity contribution >= 4 is 56.2 Å². The number of methoxy groups -OCH3 is 1. The molecule has 40 heavy (non-hydrogen) atoms. The van der Waals surface area contributed by atoms with Gasteiger partial charge in [-0.05, 0) is 12.8 Å². The number of aromatic nitrogens is 4. The number of fused-ring (bicyclic) bond motifs is 1. The van der Waals surface area contributed by atoms with Crippen LogP contribution in [0.15, 0.2) is 12.7 Å². The molecule has 0 saturated carbocycles. The molecule has 1 saturated heterocycles. The molecule has 2 aromatic heterocycles. The molecule has 15 heteroatoms. The van der Waals surface area contributed by atoms with Crippen LogP contribution in [0, 0.1) is 0 Å². The first-order chi connectivity index (χ1) is 19.3. The highest BCUT2D eigenvalue weighted by molar-refractivity contribution is 8.76. The van der Waals surface area contributed by atoms with Gasteiger partial charge in [0, 0.05) is 50.8 Å². The predicted octanol–water partition coefficient (Wildman–Crippen LogP) is 1.85. The number of carbonyl (C=O) groups is 3. The summed E-state index contributed by atoms with van der Waals surface area (Å²) < 4.78 is 12.3. The molecule has 1 fully saturated rings. The van der Waals surface area contributed by atoms with Crippen LogP contribution in [0.1, 0.15) is 58.1 Å². The van der Waals surface area contributed by atoms with E-state index in [4.69, 9.17) is 9.47 Å². The monoisotopic (exact) mass is 598 g/mol. The Hall–Kier alpha value is -2.30. The van der Waals surface area contributed by atoms with Gasteiger partial charge >= 0.3 is 0 Å². The predicted molar refractivity (Wildman–Crippen MR) is 153 cm³/mol. The van der Waals surface area contributed by atoms with Crippen molar-refractivity contribution in [3.63, 3.8) is 0 Å². The molecular weight excluding hydrogens is 560 g/mol. The molecule has 13 nitrogen and oxygen atoms in total. The van der Waals surface area contributed by atoms with Crippen molar-refractivity contribution in [3.8, 4) is 0 Å². The molecule has 4 atom stereocenters. The molecule has 1 unspecified atom stereocenters. The number of nitrogens with zero attached hydrogens (tertiary/aromatic N) is 4. The average Bonchev–Trinajstić information content (AvgIpc) is 3.49. The van der Waals surface area contributed by atoms with Gasteiger partial charge in [-0.1, -0.05) is 34.9 Å². The fourth-order valence-electron chi connectivity index (χ4n) is 4.09. The zero-order valence-corrected chi connectivity index (χ0v) is 24.4. The molecule has 0 spiro atoms. The standard InChI is InChI=1S/C25H38N6O7S2/c1-3-16(32)7-5-4-6-10-26-18(33)8-11-39-40-12-9-19(34)30-23-20-24(28-14-27-23)31(15-29-20)25-22(36)21(35)17(38-25)13-37-2/h14-15,17,21-22,25,35-36H,3-13H2,1-2H3,(H,26,33)(H,27,28,30,34)/t17-,21?,22+,25-/m1/s1. The first-order valence-corrected chi connectivity index (χ1v) is 15.8. The topological polar surface area (TPSA) is 178 Å². The normalized spacial score (nSPS) is 20.6. The minimum Gasteiger partial charge on any atom is -0.387 e. The minimum atomic E-state index is -1.21. The number of ether oxygens (including phenoxy) is 2. The molecule has 2 aromatic rings. The van der Waals surface area contributed by atoms with Crippen molar-refractivity contribution in [2.75, 3.05) is 37.1 Å². The van der Waals surface area contributed by atoms with Crippen LogP contribution < -0.4 is 10.6 Å². The van der Waals surface area contributed by atoms with Gasteiger partial charge in [0.05, 0.1) is 12.9 Å². The SMILES string of the molecule is CCC(=O)CCCCCNC(=O)CCSSCCC(=O)Nc1ncnc2c1ncn2[C@@H]1O[C@H](COC)C(O)[C@@H]1O. The van der Waals surface area contributed by atoms with Crippen LogP contribution in [0.4, 0.5) is 5.82 Å². The van der Waals surface area contributed by atoms with E-state index < -0.39 is 24.5 Å². The van der Waals surface area contributed by atoms with Gasteiger partial charge in [-0.25, -0.2) is 15.0 Å². The quantitative estimate of drug-likeness (QED) is 0.145. The van der Waals surface area contributed by atoms with Crippen molar-refractivity contribution in [2.45, 2.75) is 76.4 Å². The number of amides is 2. The molecule has 0 bridgehead atoms. The molecule has 1 aliphatic heterocycles. The van der Waals surface area contributed by atoms with Crippen molar-refractivity contribution in [1.82, 2.24) is 24.8 Å². The number of aliphatic hydroxyl groups excluding tert-OH is 2. The van der Waals surface area contributed by atoms with Crippen LogP contribution in [-0.4, -0.2) is 97.4 Å². The zero-order valence-electron chi connectivity index (χ0n) is 22.8. The number of rotatable bonds is 18. The summed E-state index contributed by atoms with van der Waals surface area (Å²) in [6.45, 7) is 2.61. The van der Waals surface area contributed by atoms with Crippen LogP contribution in [-0.2, 0) is 23.9 Å². The van der Waals surface area contributed by atoms with E-state index in [9.17, 15) is 24.6 Å². The maximum Gasteiger partial charge on any atom is 0.226 e. The van der Waals surface area contributed by atoms with Crippen LogP contribution in [0.2, 0.25) is 0 Å². The Bertz CT molecular complexity index is 1120.